The van der Waals surface area contributed by atoms with Crippen LogP contribution in [0.1, 0.15) is 66.5 Å². The molecule has 2 aromatic rings. The summed E-state index contributed by atoms with van der Waals surface area (Å²) in [6, 6.07) is 13.6. The first-order valence-corrected chi connectivity index (χ1v) is 17.4. The number of amides is 3. The van der Waals surface area contributed by atoms with Crippen molar-refractivity contribution in [3.05, 3.63) is 80.7 Å². The molecule has 9 nitrogen and oxygen atoms in total. The van der Waals surface area contributed by atoms with Gasteiger partial charge in [-0.05, 0) is 48.6 Å². The lowest BCUT2D eigenvalue weighted by molar-refractivity contribution is -0.141. The Morgan fingerprint density at radius 3 is 2.00 bits per heavy atom. The quantitative estimate of drug-likeness (QED) is 0.259. The number of rotatable bonds is 13. The molecule has 2 aromatic carbocycles. The molecule has 0 radical (unpaired) electrons. The third kappa shape index (κ3) is 9.26. The molecule has 248 valence electrons. The van der Waals surface area contributed by atoms with Gasteiger partial charge in [-0.1, -0.05) is 107 Å². The van der Waals surface area contributed by atoms with Crippen LogP contribution in [0.3, 0.4) is 0 Å². The Balaban J connectivity index is 2.58. The number of carbonyl (C=O) groups is 3. The number of halogens is 1. The van der Waals surface area contributed by atoms with Crippen LogP contribution in [-0.2, 0) is 35.4 Å². The van der Waals surface area contributed by atoms with Gasteiger partial charge in [0.1, 0.15) is 6.04 Å². The van der Waals surface area contributed by atoms with E-state index in [-0.39, 0.29) is 22.1 Å². The lowest BCUT2D eigenvalue weighted by atomic mass is 9.76. The number of nitrogens with two attached hydrogens (primary N) is 1. The number of primary amides is 1. The number of nitrogens with one attached hydrogen (secondary N) is 2. The highest BCUT2D eigenvalue weighted by Crippen LogP contribution is 2.33. The average molecular weight is 706 g/mol. The maximum absolute atomic E-state index is 14.4. The molecule has 0 aliphatic rings. The Bertz CT molecular complexity index is 1510. The Kier molecular flexibility index (Phi) is 12.8. The van der Waals surface area contributed by atoms with Gasteiger partial charge in [-0.2, -0.15) is 0 Å². The van der Waals surface area contributed by atoms with Crippen LogP contribution < -0.4 is 16.4 Å². The number of likely N-dealkylation sites (N-methyl/N-ethyl adjacent to an activating group) is 2. The van der Waals surface area contributed by atoms with E-state index in [1.807, 2.05) is 58.9 Å². The standard InChI is InChI=1S/C34H49BrN4O5S/c1-21(2)26(27(22(3)30(36)40)45(43,44)20-23-15-12-11-13-16-23)39(10)32(42)29(33(4,5)6)38-31(41)28(37-9)34(7,8)24-17-14-18-25(35)19-24/h11-19,21,26,28-29,37H,20H2,1-10H3,(H2,36,40)(H,38,41)/t26?,28-,29-/m1/s1. The molecule has 11 heteroatoms. The maximum Gasteiger partial charge on any atom is 0.245 e. The van der Waals surface area contributed by atoms with Crippen molar-refractivity contribution in [3.8, 4) is 0 Å². The van der Waals surface area contributed by atoms with Crippen LogP contribution in [-0.4, -0.2) is 63.3 Å². The summed E-state index contributed by atoms with van der Waals surface area (Å²) in [7, 11) is -0.914. The van der Waals surface area contributed by atoms with Crippen molar-refractivity contribution >= 4 is 43.5 Å². The predicted octanol–water partition coefficient (Wildman–Crippen LogP) is 4.70. The molecule has 45 heavy (non-hydrogen) atoms. The van der Waals surface area contributed by atoms with Crippen molar-refractivity contribution in [2.24, 2.45) is 17.1 Å². The van der Waals surface area contributed by atoms with E-state index in [2.05, 4.69) is 26.6 Å². The van der Waals surface area contributed by atoms with E-state index in [1.54, 1.807) is 51.2 Å². The van der Waals surface area contributed by atoms with E-state index in [9.17, 15) is 22.8 Å². The van der Waals surface area contributed by atoms with E-state index in [4.69, 9.17) is 5.73 Å². The molecule has 0 bridgehead atoms. The number of hydrogen-bond acceptors (Lipinski definition) is 6. The van der Waals surface area contributed by atoms with Crippen molar-refractivity contribution in [2.45, 2.75) is 84.7 Å². The third-order valence-electron chi connectivity index (χ3n) is 8.18. The average Bonchev–Trinajstić information content (AvgIpc) is 2.93. The first kappa shape index (κ1) is 38.2. The zero-order chi connectivity index (χ0) is 34.5. The van der Waals surface area contributed by atoms with Gasteiger partial charge in [-0.15, -0.1) is 0 Å². The smallest absolute Gasteiger partial charge is 0.245 e. The van der Waals surface area contributed by atoms with Gasteiger partial charge in [0, 0.05) is 22.5 Å². The van der Waals surface area contributed by atoms with E-state index in [0.29, 0.717) is 5.56 Å². The van der Waals surface area contributed by atoms with Gasteiger partial charge in [0.15, 0.2) is 9.84 Å². The molecule has 0 heterocycles. The molecule has 1 unspecified atom stereocenters. The number of nitrogens with zero attached hydrogens (tertiary/aromatic N) is 1. The zero-order valence-electron chi connectivity index (χ0n) is 28.1. The SMILES string of the molecule is CN[C@H](C(=O)N[C@H](C(=O)N(C)C(C(=C(C)C(N)=O)S(=O)(=O)Cc1ccccc1)C(C)C)C(C)(C)C)C(C)(C)c1cccc(Br)c1. The van der Waals surface area contributed by atoms with Crippen LogP contribution in [0.25, 0.3) is 0 Å². The summed E-state index contributed by atoms with van der Waals surface area (Å²) in [5.41, 5.74) is 5.55. The number of sulfone groups is 1. The summed E-state index contributed by atoms with van der Waals surface area (Å²) in [5, 5.41) is 6.11. The number of carbonyl (C=O) groups excluding carboxylic acids is 3. The summed E-state index contributed by atoms with van der Waals surface area (Å²) < 4.78 is 28.8. The van der Waals surface area contributed by atoms with Gasteiger partial charge in [0.05, 0.1) is 22.7 Å². The Hall–Kier alpha value is -3.02. The van der Waals surface area contributed by atoms with Crippen LogP contribution in [0.15, 0.2) is 69.5 Å². The summed E-state index contributed by atoms with van der Waals surface area (Å²) in [6.07, 6.45) is 0. The van der Waals surface area contributed by atoms with Gasteiger partial charge >= 0.3 is 0 Å². The van der Waals surface area contributed by atoms with E-state index >= 15 is 0 Å². The van der Waals surface area contributed by atoms with Gasteiger partial charge in [0.2, 0.25) is 17.7 Å². The second-order valence-electron chi connectivity index (χ2n) is 13.5. The van der Waals surface area contributed by atoms with E-state index in [0.717, 1.165) is 10.0 Å². The molecule has 0 saturated carbocycles. The van der Waals surface area contributed by atoms with Crippen molar-refractivity contribution in [2.75, 3.05) is 14.1 Å². The lowest BCUT2D eigenvalue weighted by Crippen LogP contribution is -2.62. The highest BCUT2D eigenvalue weighted by Gasteiger charge is 2.44. The first-order chi connectivity index (χ1) is 20.7. The minimum atomic E-state index is -4.11. The summed E-state index contributed by atoms with van der Waals surface area (Å²) in [6.45, 7) is 14.3. The molecule has 0 aliphatic carbocycles. The highest BCUT2D eigenvalue weighted by atomic mass is 79.9. The van der Waals surface area contributed by atoms with Crippen molar-refractivity contribution in [1.29, 1.82) is 0 Å². The topological polar surface area (TPSA) is 139 Å². The second kappa shape index (κ2) is 15.0. The fourth-order valence-electron chi connectivity index (χ4n) is 5.65. The van der Waals surface area contributed by atoms with Crippen molar-refractivity contribution < 1.29 is 22.8 Å². The highest BCUT2D eigenvalue weighted by molar-refractivity contribution is 9.10. The van der Waals surface area contributed by atoms with Crippen LogP contribution in [0.5, 0.6) is 0 Å². The van der Waals surface area contributed by atoms with Crippen LogP contribution in [0.2, 0.25) is 0 Å². The molecule has 0 aromatic heterocycles. The van der Waals surface area contributed by atoms with Gasteiger partial charge in [-0.25, -0.2) is 8.42 Å². The van der Waals surface area contributed by atoms with E-state index in [1.165, 1.54) is 18.9 Å². The molecule has 0 aliphatic heterocycles. The van der Waals surface area contributed by atoms with Crippen molar-refractivity contribution in [1.82, 2.24) is 15.5 Å². The van der Waals surface area contributed by atoms with Crippen LogP contribution in [0.4, 0.5) is 0 Å². The normalized spacial score (nSPS) is 15.1. The molecular formula is C34H49BrN4O5S. The summed E-state index contributed by atoms with van der Waals surface area (Å²) in [4.78, 5) is 41.9. The summed E-state index contributed by atoms with van der Waals surface area (Å²) in [5.74, 6) is -2.56. The molecule has 0 spiro atoms. The predicted molar refractivity (Wildman–Crippen MR) is 184 cm³/mol. The lowest BCUT2D eigenvalue weighted by Gasteiger charge is -2.41. The van der Waals surface area contributed by atoms with Crippen LogP contribution in [0, 0.1) is 11.3 Å². The maximum atomic E-state index is 14.4. The van der Waals surface area contributed by atoms with Gasteiger partial charge < -0.3 is 21.3 Å². The fraction of sp³-hybridized carbons (Fsp3) is 0.500. The van der Waals surface area contributed by atoms with Crippen LogP contribution >= 0.6 is 15.9 Å². The number of benzene rings is 2. The summed E-state index contributed by atoms with van der Waals surface area (Å²) >= 11 is 3.51. The third-order valence-corrected chi connectivity index (χ3v) is 10.6. The largest absolute Gasteiger partial charge is 0.366 e. The second-order valence-corrected chi connectivity index (χ2v) is 16.4. The monoisotopic (exact) mass is 704 g/mol. The van der Waals surface area contributed by atoms with Gasteiger partial charge in [-0.3, -0.25) is 14.4 Å². The number of hydrogen-bond donors (Lipinski definition) is 3. The zero-order valence-corrected chi connectivity index (χ0v) is 30.5. The molecule has 3 amide bonds. The Labute approximate surface area is 277 Å². The minimum Gasteiger partial charge on any atom is -0.366 e. The fourth-order valence-corrected chi connectivity index (χ4v) is 8.20. The first-order valence-electron chi connectivity index (χ1n) is 14.9. The van der Waals surface area contributed by atoms with Crippen molar-refractivity contribution in [3.63, 3.8) is 0 Å². The van der Waals surface area contributed by atoms with E-state index < -0.39 is 56.5 Å². The molecule has 0 saturated heterocycles. The molecule has 0 fully saturated rings. The molecule has 4 N–H and O–H groups in total. The Morgan fingerprint density at radius 1 is 0.956 bits per heavy atom. The minimum absolute atomic E-state index is 0.133. The molecule has 3 atom stereocenters. The molecular weight excluding hydrogens is 656 g/mol. The van der Waals surface area contributed by atoms with Gasteiger partial charge in [0.25, 0.3) is 0 Å². The Morgan fingerprint density at radius 2 is 1.53 bits per heavy atom. The molecule has 2 rings (SSSR count).